The summed E-state index contributed by atoms with van der Waals surface area (Å²) in [6.45, 7) is 13.3. The predicted molar refractivity (Wildman–Crippen MR) is 281 cm³/mol. The molecule has 5 nitrogen and oxygen atoms in total. The van der Waals surface area contributed by atoms with Gasteiger partial charge in [-0.1, -0.05) is 130 Å². The standard InChI is InChI=1S/C37H22N3.C25H25N2.Ir/c1-20-16-31(38-19-21(20)2)28-14-7-11-25-24-10-6-13-27-30-17-33-29(18-34(30)40(36(24)27)37(25)28)26-12-5-9-23-22-8-3-4-15-32(22)39(33)35(23)26;1-17(2)20-13-10-14-21(18(3)4)24(20)27-23-16-9-8-15-22(23)26-25(27)19-11-6-5-7-12-19;/h3-13,15-19H,1-2H3;5-11,13-18H,1-4H3;/q2*-1;. The average Bonchev–Trinajstić information content (AvgIpc) is 4.16. The van der Waals surface area contributed by atoms with E-state index in [9.17, 15) is 0 Å². The van der Waals surface area contributed by atoms with Crippen molar-refractivity contribution in [3.63, 3.8) is 0 Å². The molecular weight excluding hydrogens is 1010 g/mol. The Hall–Kier alpha value is -7.37. The van der Waals surface area contributed by atoms with Crippen LogP contribution >= 0.6 is 0 Å². The van der Waals surface area contributed by atoms with E-state index in [4.69, 9.17) is 9.97 Å². The second-order valence-corrected chi connectivity index (χ2v) is 18.9. The summed E-state index contributed by atoms with van der Waals surface area (Å²) >= 11 is 0. The van der Waals surface area contributed by atoms with Crippen molar-refractivity contribution in [3.8, 4) is 28.3 Å². The van der Waals surface area contributed by atoms with E-state index >= 15 is 0 Å². The molecule has 14 rings (SSSR count). The number of aromatic nitrogens is 5. The van der Waals surface area contributed by atoms with Gasteiger partial charge in [0, 0.05) is 69.8 Å². The minimum absolute atomic E-state index is 0. The molecule has 0 bridgehead atoms. The fourth-order valence-electron chi connectivity index (χ4n) is 11.1. The molecule has 0 atom stereocenters. The number of rotatable bonds is 5. The molecule has 6 heteroatoms. The van der Waals surface area contributed by atoms with Crippen LogP contribution in [0.2, 0.25) is 0 Å². The van der Waals surface area contributed by atoms with Gasteiger partial charge in [0.05, 0.1) is 38.9 Å². The Kier molecular flexibility index (Phi) is 9.81. The molecular formula is C62H47IrN5-2. The quantitative estimate of drug-likeness (QED) is 0.161. The van der Waals surface area contributed by atoms with Crippen molar-refractivity contribution in [1.82, 2.24) is 23.3 Å². The van der Waals surface area contributed by atoms with Gasteiger partial charge in [0.1, 0.15) is 0 Å². The number of para-hydroxylation sites is 6. The van der Waals surface area contributed by atoms with Gasteiger partial charge in [0.15, 0.2) is 0 Å². The van der Waals surface area contributed by atoms with Crippen LogP contribution in [-0.4, -0.2) is 23.3 Å². The van der Waals surface area contributed by atoms with Crippen LogP contribution in [0.4, 0.5) is 0 Å². The normalized spacial score (nSPS) is 12.1. The molecule has 0 amide bonds. The van der Waals surface area contributed by atoms with Gasteiger partial charge in [0.25, 0.3) is 0 Å². The van der Waals surface area contributed by atoms with Crippen LogP contribution in [0.3, 0.4) is 0 Å². The van der Waals surface area contributed by atoms with Crippen LogP contribution in [0.1, 0.15) is 61.8 Å². The van der Waals surface area contributed by atoms with Crippen molar-refractivity contribution in [2.45, 2.75) is 53.4 Å². The van der Waals surface area contributed by atoms with Gasteiger partial charge in [-0.3, -0.25) is 4.98 Å². The van der Waals surface area contributed by atoms with Crippen LogP contribution in [0.5, 0.6) is 0 Å². The number of pyridine rings is 1. The van der Waals surface area contributed by atoms with Crippen LogP contribution < -0.4 is 0 Å². The molecule has 331 valence electrons. The second kappa shape index (κ2) is 15.9. The van der Waals surface area contributed by atoms with Crippen molar-refractivity contribution in [2.24, 2.45) is 0 Å². The van der Waals surface area contributed by atoms with Gasteiger partial charge in [-0.25, -0.2) is 0 Å². The van der Waals surface area contributed by atoms with E-state index in [1.807, 2.05) is 24.4 Å². The van der Waals surface area contributed by atoms with E-state index in [0.717, 1.165) is 33.7 Å². The van der Waals surface area contributed by atoms with E-state index in [2.05, 4.69) is 207 Å². The van der Waals surface area contributed by atoms with Gasteiger partial charge >= 0.3 is 0 Å². The summed E-state index contributed by atoms with van der Waals surface area (Å²) in [4.78, 5) is 9.85. The second-order valence-electron chi connectivity index (χ2n) is 18.9. The fourth-order valence-corrected chi connectivity index (χ4v) is 11.1. The number of aryl methyl sites for hydroxylation is 2. The summed E-state index contributed by atoms with van der Waals surface area (Å²) in [7, 11) is 0. The van der Waals surface area contributed by atoms with Gasteiger partial charge in [-0.05, 0) is 89.3 Å². The molecule has 0 unspecified atom stereocenters. The molecule has 0 saturated carbocycles. The summed E-state index contributed by atoms with van der Waals surface area (Å²) in [6, 6.07) is 63.7. The third-order valence-electron chi connectivity index (χ3n) is 14.3. The van der Waals surface area contributed by atoms with E-state index in [0.29, 0.717) is 11.8 Å². The van der Waals surface area contributed by atoms with Gasteiger partial charge in [-0.15, -0.1) is 59.7 Å². The molecule has 6 heterocycles. The number of nitrogens with zero attached hydrogens (tertiary/aromatic N) is 5. The third-order valence-corrected chi connectivity index (χ3v) is 14.3. The van der Waals surface area contributed by atoms with Crippen molar-refractivity contribution < 1.29 is 20.1 Å². The molecule has 8 aromatic carbocycles. The maximum atomic E-state index is 4.99. The SMILES string of the molecule is CC(C)c1cccc(C(C)C)c1-n1c(-c2[c-]cccc2)nc2ccccc21.Cc1cnc(-c2[c-]ccc3c4cccc5c6cc7c(cc6n(c23)c54)c2cccc3c4ccccc4n7c32)cc1C.[Ir]. The number of hydrogen-bond donors (Lipinski definition) is 0. The predicted octanol–water partition coefficient (Wildman–Crippen LogP) is 16.2. The Morgan fingerprint density at radius 3 is 1.72 bits per heavy atom. The van der Waals surface area contributed by atoms with Gasteiger partial charge < -0.3 is 18.4 Å². The van der Waals surface area contributed by atoms with Crippen LogP contribution in [-0.2, 0) is 20.1 Å². The van der Waals surface area contributed by atoms with Crippen molar-refractivity contribution in [3.05, 3.63) is 198 Å². The molecule has 0 spiro atoms. The molecule has 0 aliphatic heterocycles. The Balaban J connectivity index is 0.000000151. The Morgan fingerprint density at radius 2 is 1.04 bits per heavy atom. The zero-order chi connectivity index (χ0) is 45.2. The summed E-state index contributed by atoms with van der Waals surface area (Å²) in [5.74, 6) is 1.80. The smallest absolute Gasteiger partial charge is 0.0774 e. The minimum atomic E-state index is 0. The first-order chi connectivity index (χ1) is 32.8. The first-order valence-corrected chi connectivity index (χ1v) is 23.5. The zero-order valence-electron chi connectivity index (χ0n) is 38.8. The topological polar surface area (TPSA) is 39.5 Å². The minimum Gasteiger partial charge on any atom is -0.350 e. The molecule has 0 aliphatic carbocycles. The molecule has 68 heavy (non-hydrogen) atoms. The van der Waals surface area contributed by atoms with Crippen LogP contribution in [0, 0.1) is 26.0 Å². The van der Waals surface area contributed by atoms with E-state index < -0.39 is 0 Å². The van der Waals surface area contributed by atoms with Crippen molar-refractivity contribution in [1.29, 1.82) is 0 Å². The number of imidazole rings is 1. The Morgan fingerprint density at radius 1 is 0.471 bits per heavy atom. The summed E-state index contributed by atoms with van der Waals surface area (Å²) in [5, 5.41) is 10.3. The monoisotopic (exact) mass is 1050 g/mol. The summed E-state index contributed by atoms with van der Waals surface area (Å²) in [5.41, 5.74) is 19.1. The fraction of sp³-hybridized carbons (Fsp3) is 0.129. The Labute approximate surface area is 408 Å². The first kappa shape index (κ1) is 42.0. The molecule has 0 N–H and O–H groups in total. The van der Waals surface area contributed by atoms with E-state index in [1.165, 1.54) is 104 Å². The summed E-state index contributed by atoms with van der Waals surface area (Å²) in [6.07, 6.45) is 1.98. The maximum Gasteiger partial charge on any atom is 0.0774 e. The van der Waals surface area contributed by atoms with E-state index in [1.54, 1.807) is 0 Å². The number of fused-ring (bicyclic) bond motifs is 13. The Bertz CT molecular complexity index is 4220. The maximum absolute atomic E-state index is 4.99. The molecule has 1 radical (unpaired) electrons. The summed E-state index contributed by atoms with van der Waals surface area (Å²) < 4.78 is 7.29. The zero-order valence-corrected chi connectivity index (χ0v) is 41.2. The molecule has 0 aliphatic rings. The molecule has 6 aromatic heterocycles. The van der Waals surface area contributed by atoms with Crippen molar-refractivity contribution in [2.75, 3.05) is 0 Å². The largest absolute Gasteiger partial charge is 0.350 e. The molecule has 0 fully saturated rings. The van der Waals surface area contributed by atoms with E-state index in [-0.39, 0.29) is 20.1 Å². The number of hydrogen-bond acceptors (Lipinski definition) is 2. The van der Waals surface area contributed by atoms with Crippen LogP contribution in [0.25, 0.3) is 116 Å². The van der Waals surface area contributed by atoms with Crippen LogP contribution in [0.15, 0.2) is 164 Å². The van der Waals surface area contributed by atoms with Gasteiger partial charge in [-0.2, -0.15) is 0 Å². The number of benzene rings is 8. The third kappa shape index (κ3) is 6.03. The van der Waals surface area contributed by atoms with Crippen molar-refractivity contribution >= 4 is 87.2 Å². The average molecular weight is 1050 g/mol. The first-order valence-electron chi connectivity index (χ1n) is 23.5. The van der Waals surface area contributed by atoms with Gasteiger partial charge in [0.2, 0.25) is 0 Å². The molecule has 14 aromatic rings. The molecule has 0 saturated heterocycles.